The molecule has 0 bridgehead atoms. The molecule has 7 heteroatoms. The number of ether oxygens (including phenoxy) is 3. The first-order valence-corrected chi connectivity index (χ1v) is 9.09. The zero-order valence-corrected chi connectivity index (χ0v) is 14.1. The first-order chi connectivity index (χ1) is 11.6. The van der Waals surface area contributed by atoms with Gasteiger partial charge in [-0.15, -0.1) is 0 Å². The molecule has 1 aliphatic rings. The second-order valence-electron chi connectivity index (χ2n) is 5.36. The Labute approximate surface area is 141 Å². The fourth-order valence-electron chi connectivity index (χ4n) is 2.42. The molecule has 0 saturated carbocycles. The van der Waals surface area contributed by atoms with Crippen molar-refractivity contribution in [2.24, 2.45) is 0 Å². The number of nitrogens with one attached hydrogen (secondary N) is 1. The third kappa shape index (κ3) is 3.80. The van der Waals surface area contributed by atoms with E-state index in [0.29, 0.717) is 24.5 Å². The maximum atomic E-state index is 12.3. The maximum absolute atomic E-state index is 12.3. The predicted molar refractivity (Wildman–Crippen MR) is 89.1 cm³/mol. The van der Waals surface area contributed by atoms with Gasteiger partial charge >= 0.3 is 0 Å². The number of methoxy groups -OCH3 is 1. The second-order valence-corrected chi connectivity index (χ2v) is 7.13. The molecule has 3 rings (SSSR count). The summed E-state index contributed by atoms with van der Waals surface area (Å²) in [6, 6.07) is 12.3. The Hall–Kier alpha value is -2.25. The molecule has 1 N–H and O–H groups in total. The Bertz CT molecular complexity index is 802. The number of aryl methyl sites for hydroxylation is 1. The molecular weight excluding hydrogens is 330 g/mol. The van der Waals surface area contributed by atoms with Gasteiger partial charge in [-0.05, 0) is 42.7 Å². The van der Waals surface area contributed by atoms with Crippen LogP contribution >= 0.6 is 0 Å². The topological polar surface area (TPSA) is 73.9 Å². The van der Waals surface area contributed by atoms with E-state index in [9.17, 15) is 8.42 Å². The molecule has 2 aromatic rings. The van der Waals surface area contributed by atoms with Crippen LogP contribution in [0, 0.1) is 0 Å². The van der Waals surface area contributed by atoms with Crippen LogP contribution in [0.3, 0.4) is 0 Å². The number of benzene rings is 2. The van der Waals surface area contributed by atoms with Crippen LogP contribution in [0.5, 0.6) is 17.2 Å². The molecule has 0 amide bonds. The van der Waals surface area contributed by atoms with Crippen molar-refractivity contribution in [3.8, 4) is 17.2 Å². The maximum Gasteiger partial charge on any atom is 0.240 e. The molecule has 128 valence electrons. The average molecular weight is 349 g/mol. The Morgan fingerprint density at radius 2 is 1.83 bits per heavy atom. The lowest BCUT2D eigenvalue weighted by Crippen LogP contribution is -2.25. The zero-order chi connectivity index (χ0) is 17.0. The van der Waals surface area contributed by atoms with Crippen molar-refractivity contribution in [3.63, 3.8) is 0 Å². The van der Waals surface area contributed by atoms with E-state index in [1.54, 1.807) is 13.2 Å². The van der Waals surface area contributed by atoms with Gasteiger partial charge < -0.3 is 14.2 Å². The van der Waals surface area contributed by atoms with Crippen LogP contribution in [0.1, 0.15) is 12.0 Å². The lowest BCUT2D eigenvalue weighted by Gasteiger charge is -2.08. The molecule has 0 spiro atoms. The smallest absolute Gasteiger partial charge is 0.240 e. The number of fused-ring (bicyclic) bond motifs is 1. The second kappa shape index (κ2) is 7.11. The highest BCUT2D eigenvalue weighted by atomic mass is 32.2. The van der Waals surface area contributed by atoms with Gasteiger partial charge in [-0.3, -0.25) is 0 Å². The lowest BCUT2D eigenvalue weighted by molar-refractivity contribution is 0.174. The van der Waals surface area contributed by atoms with E-state index in [2.05, 4.69) is 4.72 Å². The van der Waals surface area contributed by atoms with Crippen molar-refractivity contribution >= 4 is 10.0 Å². The standard InChI is InChI=1S/C17H19NO5S/c1-21-14-6-4-13(5-7-14)3-2-10-18-24(19,20)15-8-9-16-17(11-15)23-12-22-16/h4-9,11,18H,2-3,10,12H2,1H3. The molecule has 0 radical (unpaired) electrons. The van der Waals surface area contributed by atoms with E-state index in [1.807, 2.05) is 24.3 Å². The Kier molecular flexibility index (Phi) is 4.92. The van der Waals surface area contributed by atoms with E-state index >= 15 is 0 Å². The molecule has 0 aliphatic carbocycles. The van der Waals surface area contributed by atoms with Crippen LogP contribution in [0.25, 0.3) is 0 Å². The monoisotopic (exact) mass is 349 g/mol. The van der Waals surface area contributed by atoms with Crippen molar-refractivity contribution < 1.29 is 22.6 Å². The summed E-state index contributed by atoms with van der Waals surface area (Å²) in [6.45, 7) is 0.483. The number of hydrogen-bond acceptors (Lipinski definition) is 5. The minimum absolute atomic E-state index is 0.119. The van der Waals surface area contributed by atoms with Crippen LogP contribution in [-0.4, -0.2) is 28.9 Å². The molecule has 24 heavy (non-hydrogen) atoms. The SMILES string of the molecule is COc1ccc(CCCNS(=O)(=O)c2ccc3c(c2)OCO3)cc1. The number of hydrogen-bond donors (Lipinski definition) is 1. The summed E-state index contributed by atoms with van der Waals surface area (Å²) in [5.74, 6) is 1.83. The summed E-state index contributed by atoms with van der Waals surface area (Å²) < 4.78 is 42.7. The van der Waals surface area contributed by atoms with Gasteiger partial charge in [0.15, 0.2) is 11.5 Å². The Balaban J connectivity index is 1.53. The first kappa shape index (κ1) is 16.6. The van der Waals surface area contributed by atoms with Gasteiger partial charge in [-0.25, -0.2) is 13.1 Å². The van der Waals surface area contributed by atoms with Crippen LogP contribution < -0.4 is 18.9 Å². The molecule has 6 nitrogen and oxygen atoms in total. The van der Waals surface area contributed by atoms with Gasteiger partial charge in [0.1, 0.15) is 5.75 Å². The largest absolute Gasteiger partial charge is 0.497 e. The molecule has 0 aromatic heterocycles. The van der Waals surface area contributed by atoms with Gasteiger partial charge in [0.05, 0.1) is 12.0 Å². The molecule has 2 aromatic carbocycles. The van der Waals surface area contributed by atoms with E-state index in [4.69, 9.17) is 14.2 Å². The van der Waals surface area contributed by atoms with Gasteiger partial charge in [0.25, 0.3) is 0 Å². The third-order valence-corrected chi connectivity index (χ3v) is 5.21. The van der Waals surface area contributed by atoms with E-state index in [1.165, 1.54) is 12.1 Å². The fourth-order valence-corrected chi connectivity index (χ4v) is 3.51. The summed E-state index contributed by atoms with van der Waals surface area (Å²) in [5, 5.41) is 0. The van der Waals surface area contributed by atoms with Crippen molar-refractivity contribution in [1.82, 2.24) is 4.72 Å². The zero-order valence-electron chi connectivity index (χ0n) is 13.3. The van der Waals surface area contributed by atoms with Crippen LogP contribution in [-0.2, 0) is 16.4 Å². The van der Waals surface area contributed by atoms with Gasteiger partial charge in [-0.1, -0.05) is 12.1 Å². The van der Waals surface area contributed by atoms with Gasteiger partial charge in [0, 0.05) is 12.6 Å². The molecular formula is C17H19NO5S. The summed E-state index contributed by atoms with van der Waals surface area (Å²) >= 11 is 0. The quantitative estimate of drug-likeness (QED) is 0.777. The van der Waals surface area contributed by atoms with E-state index in [0.717, 1.165) is 17.7 Å². The summed E-state index contributed by atoms with van der Waals surface area (Å²) in [5.41, 5.74) is 1.14. The number of rotatable bonds is 7. The normalized spacial score (nSPS) is 13.0. The van der Waals surface area contributed by atoms with Crippen molar-refractivity contribution in [1.29, 1.82) is 0 Å². The minimum Gasteiger partial charge on any atom is -0.497 e. The average Bonchev–Trinajstić information content (AvgIpc) is 3.07. The van der Waals surface area contributed by atoms with Crippen LogP contribution in [0.4, 0.5) is 0 Å². The highest BCUT2D eigenvalue weighted by molar-refractivity contribution is 7.89. The van der Waals surface area contributed by atoms with Gasteiger partial charge in [0.2, 0.25) is 16.8 Å². The van der Waals surface area contributed by atoms with Crippen molar-refractivity contribution in [2.45, 2.75) is 17.7 Å². The van der Waals surface area contributed by atoms with E-state index in [-0.39, 0.29) is 11.7 Å². The summed E-state index contributed by atoms with van der Waals surface area (Å²) in [7, 11) is -1.93. The molecule has 0 fully saturated rings. The molecule has 1 aliphatic heterocycles. The van der Waals surface area contributed by atoms with Crippen molar-refractivity contribution in [3.05, 3.63) is 48.0 Å². The Morgan fingerprint density at radius 3 is 2.58 bits per heavy atom. The molecule has 0 saturated heterocycles. The molecule has 0 unspecified atom stereocenters. The highest BCUT2D eigenvalue weighted by Gasteiger charge is 2.19. The highest BCUT2D eigenvalue weighted by Crippen LogP contribution is 2.33. The molecule has 0 atom stereocenters. The van der Waals surface area contributed by atoms with Gasteiger partial charge in [-0.2, -0.15) is 0 Å². The summed E-state index contributed by atoms with van der Waals surface area (Å²) in [4.78, 5) is 0.177. The van der Waals surface area contributed by atoms with Crippen molar-refractivity contribution in [2.75, 3.05) is 20.4 Å². The third-order valence-electron chi connectivity index (χ3n) is 3.75. The number of sulfonamides is 1. The van der Waals surface area contributed by atoms with Crippen LogP contribution in [0.15, 0.2) is 47.4 Å². The predicted octanol–water partition coefficient (Wildman–Crippen LogP) is 2.33. The fraction of sp³-hybridized carbons (Fsp3) is 0.294. The van der Waals surface area contributed by atoms with Crippen LogP contribution in [0.2, 0.25) is 0 Å². The minimum atomic E-state index is -3.55. The summed E-state index contributed by atoms with van der Waals surface area (Å²) in [6.07, 6.45) is 1.49. The van der Waals surface area contributed by atoms with E-state index < -0.39 is 10.0 Å². The lowest BCUT2D eigenvalue weighted by atomic mass is 10.1. The first-order valence-electron chi connectivity index (χ1n) is 7.61. The molecule has 1 heterocycles. The Morgan fingerprint density at radius 1 is 1.08 bits per heavy atom.